The summed E-state index contributed by atoms with van der Waals surface area (Å²) in [4.78, 5) is 0.774. The Morgan fingerprint density at radius 2 is 1.76 bits per heavy atom. The minimum absolute atomic E-state index is 0.650. The number of fused-ring (bicyclic) bond motifs is 1. The Labute approximate surface area is 148 Å². The van der Waals surface area contributed by atoms with E-state index in [2.05, 4.69) is 27.4 Å². The Hall–Kier alpha value is -2.93. The average molecular weight is 352 g/mol. The van der Waals surface area contributed by atoms with Crippen molar-refractivity contribution in [1.82, 2.24) is 19.8 Å². The van der Waals surface area contributed by atoms with Crippen molar-refractivity contribution in [3.8, 4) is 22.9 Å². The third-order valence-corrected chi connectivity index (χ3v) is 4.77. The van der Waals surface area contributed by atoms with Crippen LogP contribution in [-0.2, 0) is 6.42 Å². The number of hydrogen-bond acceptors (Lipinski definition) is 6. The van der Waals surface area contributed by atoms with E-state index in [1.807, 2.05) is 36.4 Å². The molecular weight excluding hydrogens is 336 g/mol. The van der Waals surface area contributed by atoms with Gasteiger partial charge in [-0.25, -0.2) is 0 Å². The SMILES string of the molecule is COc1ccc(-c2nnc3sc(Cc4ccccc4)nn23)cc1OC. The maximum atomic E-state index is 5.37. The van der Waals surface area contributed by atoms with Crippen LogP contribution < -0.4 is 9.47 Å². The molecule has 126 valence electrons. The number of nitrogens with zero attached hydrogens (tertiary/aromatic N) is 4. The van der Waals surface area contributed by atoms with Gasteiger partial charge >= 0.3 is 0 Å². The molecule has 7 heteroatoms. The van der Waals surface area contributed by atoms with Gasteiger partial charge in [0.1, 0.15) is 5.01 Å². The normalized spacial score (nSPS) is 11.0. The number of benzene rings is 2. The van der Waals surface area contributed by atoms with Crippen LogP contribution in [0.2, 0.25) is 0 Å². The molecule has 0 aliphatic rings. The lowest BCUT2D eigenvalue weighted by molar-refractivity contribution is 0.355. The first-order valence-electron chi connectivity index (χ1n) is 7.76. The van der Waals surface area contributed by atoms with Crippen molar-refractivity contribution < 1.29 is 9.47 Å². The molecule has 0 amide bonds. The lowest BCUT2D eigenvalue weighted by Gasteiger charge is -2.08. The lowest BCUT2D eigenvalue weighted by Crippen LogP contribution is -1.95. The van der Waals surface area contributed by atoms with Crippen LogP contribution in [0.3, 0.4) is 0 Å². The molecule has 0 aliphatic heterocycles. The van der Waals surface area contributed by atoms with Crippen molar-refractivity contribution in [2.24, 2.45) is 0 Å². The topological polar surface area (TPSA) is 61.5 Å². The van der Waals surface area contributed by atoms with E-state index < -0.39 is 0 Å². The molecule has 0 spiro atoms. The van der Waals surface area contributed by atoms with Gasteiger partial charge in [0.25, 0.3) is 0 Å². The lowest BCUT2D eigenvalue weighted by atomic mass is 10.2. The summed E-state index contributed by atoms with van der Waals surface area (Å²) in [6, 6.07) is 15.9. The van der Waals surface area contributed by atoms with E-state index in [1.165, 1.54) is 5.56 Å². The second-order valence-corrected chi connectivity index (χ2v) is 6.49. The summed E-state index contributed by atoms with van der Waals surface area (Å²) in [6.07, 6.45) is 0.778. The quantitative estimate of drug-likeness (QED) is 0.550. The van der Waals surface area contributed by atoms with Gasteiger partial charge in [0.2, 0.25) is 4.96 Å². The highest BCUT2D eigenvalue weighted by Gasteiger charge is 2.15. The highest BCUT2D eigenvalue weighted by molar-refractivity contribution is 7.16. The van der Waals surface area contributed by atoms with Crippen LogP contribution >= 0.6 is 11.3 Å². The zero-order valence-corrected chi connectivity index (χ0v) is 14.7. The molecule has 6 nitrogen and oxygen atoms in total. The number of ether oxygens (including phenoxy) is 2. The predicted octanol–water partition coefficient (Wildman–Crippen LogP) is 3.46. The largest absolute Gasteiger partial charge is 0.493 e. The summed E-state index contributed by atoms with van der Waals surface area (Å²) in [5, 5.41) is 14.2. The number of aromatic nitrogens is 4. The first kappa shape index (κ1) is 15.6. The van der Waals surface area contributed by atoms with Crippen LogP contribution in [0.5, 0.6) is 11.5 Å². The molecule has 0 fully saturated rings. The molecule has 0 unspecified atom stereocenters. The van der Waals surface area contributed by atoms with Crippen LogP contribution in [0.4, 0.5) is 0 Å². The molecule has 4 rings (SSSR count). The van der Waals surface area contributed by atoms with Crippen molar-refractivity contribution in [1.29, 1.82) is 0 Å². The molecule has 0 saturated heterocycles. The van der Waals surface area contributed by atoms with Crippen LogP contribution in [-0.4, -0.2) is 34.0 Å². The maximum Gasteiger partial charge on any atom is 0.234 e. The second kappa shape index (κ2) is 6.52. The summed E-state index contributed by atoms with van der Waals surface area (Å²) in [5.74, 6) is 2.01. The van der Waals surface area contributed by atoms with Crippen molar-refractivity contribution >= 4 is 16.3 Å². The molecule has 0 aliphatic carbocycles. The van der Waals surface area contributed by atoms with E-state index in [0.29, 0.717) is 17.3 Å². The van der Waals surface area contributed by atoms with Crippen molar-refractivity contribution in [2.45, 2.75) is 6.42 Å². The van der Waals surface area contributed by atoms with Crippen LogP contribution in [0.15, 0.2) is 48.5 Å². The summed E-state index contributed by atoms with van der Waals surface area (Å²) < 4.78 is 12.4. The zero-order chi connectivity index (χ0) is 17.2. The summed E-state index contributed by atoms with van der Waals surface area (Å²) >= 11 is 1.55. The summed E-state index contributed by atoms with van der Waals surface area (Å²) in [5.41, 5.74) is 2.10. The maximum absolute atomic E-state index is 5.37. The van der Waals surface area contributed by atoms with Gasteiger partial charge in [-0.05, 0) is 23.8 Å². The highest BCUT2D eigenvalue weighted by atomic mass is 32.1. The molecule has 0 N–H and O–H groups in total. The Morgan fingerprint density at radius 1 is 0.960 bits per heavy atom. The monoisotopic (exact) mass is 352 g/mol. The van der Waals surface area contributed by atoms with Gasteiger partial charge in [-0.15, -0.1) is 10.2 Å². The van der Waals surface area contributed by atoms with Crippen molar-refractivity contribution in [2.75, 3.05) is 14.2 Å². The Morgan fingerprint density at radius 3 is 2.52 bits per heavy atom. The fourth-order valence-corrected chi connectivity index (χ4v) is 3.52. The minimum atomic E-state index is 0.650. The van der Waals surface area contributed by atoms with E-state index >= 15 is 0 Å². The van der Waals surface area contributed by atoms with E-state index in [9.17, 15) is 0 Å². The number of methoxy groups -OCH3 is 2. The number of rotatable bonds is 5. The van der Waals surface area contributed by atoms with E-state index in [1.54, 1.807) is 30.1 Å². The van der Waals surface area contributed by atoms with Gasteiger partial charge in [0.15, 0.2) is 17.3 Å². The molecule has 4 aromatic rings. The molecule has 0 atom stereocenters. The summed E-state index contributed by atoms with van der Waals surface area (Å²) in [7, 11) is 3.23. The van der Waals surface area contributed by atoms with Gasteiger partial charge in [0, 0.05) is 12.0 Å². The predicted molar refractivity (Wildman–Crippen MR) is 96.4 cm³/mol. The molecule has 2 heterocycles. The van der Waals surface area contributed by atoms with Crippen LogP contribution in [0.1, 0.15) is 10.6 Å². The Bertz CT molecular complexity index is 1010. The standard InChI is InChI=1S/C18H16N4O2S/c1-23-14-9-8-13(11-15(14)24-2)17-19-20-18-22(17)21-16(25-18)10-12-6-4-3-5-7-12/h3-9,11H,10H2,1-2H3. The van der Waals surface area contributed by atoms with Gasteiger partial charge in [-0.1, -0.05) is 41.7 Å². The van der Waals surface area contributed by atoms with Crippen LogP contribution in [0.25, 0.3) is 16.3 Å². The Balaban J connectivity index is 1.71. The van der Waals surface area contributed by atoms with Gasteiger partial charge < -0.3 is 9.47 Å². The Kier molecular flexibility index (Phi) is 4.07. The third kappa shape index (κ3) is 2.94. The fourth-order valence-electron chi connectivity index (χ4n) is 2.65. The third-order valence-electron chi connectivity index (χ3n) is 3.87. The van der Waals surface area contributed by atoms with Crippen molar-refractivity contribution in [3.63, 3.8) is 0 Å². The molecule has 2 aromatic carbocycles. The molecule has 0 radical (unpaired) electrons. The molecule has 25 heavy (non-hydrogen) atoms. The summed E-state index contributed by atoms with van der Waals surface area (Å²) in [6.45, 7) is 0. The van der Waals surface area contributed by atoms with Crippen LogP contribution in [0, 0.1) is 0 Å². The van der Waals surface area contributed by atoms with Crippen molar-refractivity contribution in [3.05, 3.63) is 59.1 Å². The van der Waals surface area contributed by atoms with E-state index in [0.717, 1.165) is 22.0 Å². The van der Waals surface area contributed by atoms with E-state index in [-0.39, 0.29) is 0 Å². The van der Waals surface area contributed by atoms with E-state index in [4.69, 9.17) is 9.47 Å². The smallest absolute Gasteiger partial charge is 0.234 e. The first-order valence-corrected chi connectivity index (χ1v) is 8.57. The second-order valence-electron chi connectivity index (χ2n) is 5.45. The first-order chi connectivity index (χ1) is 12.3. The van der Waals surface area contributed by atoms with Gasteiger partial charge in [0.05, 0.1) is 14.2 Å². The fraction of sp³-hybridized carbons (Fsp3) is 0.167. The minimum Gasteiger partial charge on any atom is -0.493 e. The molecular formula is C18H16N4O2S. The highest BCUT2D eigenvalue weighted by Crippen LogP contribution is 2.32. The zero-order valence-electron chi connectivity index (χ0n) is 13.8. The van der Waals surface area contributed by atoms with Gasteiger partial charge in [-0.3, -0.25) is 0 Å². The number of hydrogen-bond donors (Lipinski definition) is 0. The van der Waals surface area contributed by atoms with Gasteiger partial charge in [-0.2, -0.15) is 9.61 Å². The molecule has 0 bridgehead atoms. The molecule has 0 saturated carbocycles. The average Bonchev–Trinajstić information content (AvgIpc) is 3.22. The molecule has 2 aromatic heterocycles.